The second kappa shape index (κ2) is 8.09. The Labute approximate surface area is 150 Å². The summed E-state index contributed by atoms with van der Waals surface area (Å²) in [5.41, 5.74) is 1.08. The molecule has 0 saturated heterocycles. The SMILES string of the molecule is Cc1oc(NC(=O)CCCOc2ccc(Cl)cc2Cl)c(C#N)c1C. The average Bonchev–Trinajstić information content (AvgIpc) is 2.79. The second-order valence-electron chi connectivity index (χ2n) is 5.17. The number of nitriles is 1. The highest BCUT2D eigenvalue weighted by atomic mass is 35.5. The van der Waals surface area contributed by atoms with E-state index in [9.17, 15) is 4.79 Å². The number of nitrogens with one attached hydrogen (secondary N) is 1. The van der Waals surface area contributed by atoms with E-state index in [-0.39, 0.29) is 18.2 Å². The second-order valence-corrected chi connectivity index (χ2v) is 6.02. The smallest absolute Gasteiger partial charge is 0.226 e. The number of halogens is 2. The number of hydrogen-bond donors (Lipinski definition) is 1. The molecule has 1 heterocycles. The molecule has 0 saturated carbocycles. The van der Waals surface area contributed by atoms with Gasteiger partial charge < -0.3 is 9.15 Å². The predicted molar refractivity (Wildman–Crippen MR) is 92.7 cm³/mol. The lowest BCUT2D eigenvalue weighted by atomic mass is 10.2. The summed E-state index contributed by atoms with van der Waals surface area (Å²) in [5, 5.41) is 12.7. The first-order valence-corrected chi connectivity index (χ1v) is 8.05. The number of carbonyl (C=O) groups excluding carboxylic acids is 1. The van der Waals surface area contributed by atoms with Crippen molar-refractivity contribution in [3.8, 4) is 11.8 Å². The molecule has 0 aliphatic rings. The molecule has 126 valence electrons. The number of furan rings is 1. The van der Waals surface area contributed by atoms with Crippen LogP contribution in [0.2, 0.25) is 10.0 Å². The van der Waals surface area contributed by atoms with Crippen LogP contribution in [-0.4, -0.2) is 12.5 Å². The van der Waals surface area contributed by atoms with Gasteiger partial charge in [-0.25, -0.2) is 0 Å². The van der Waals surface area contributed by atoms with Crippen molar-refractivity contribution in [1.82, 2.24) is 0 Å². The number of nitrogens with zero attached hydrogens (tertiary/aromatic N) is 1. The fourth-order valence-corrected chi connectivity index (χ4v) is 2.51. The van der Waals surface area contributed by atoms with Crippen molar-refractivity contribution in [2.45, 2.75) is 26.7 Å². The zero-order valence-corrected chi connectivity index (χ0v) is 14.8. The number of aryl methyl sites for hydroxylation is 1. The minimum atomic E-state index is -0.244. The van der Waals surface area contributed by atoms with E-state index in [0.29, 0.717) is 40.1 Å². The van der Waals surface area contributed by atoms with Gasteiger partial charge in [0.2, 0.25) is 11.8 Å². The van der Waals surface area contributed by atoms with Gasteiger partial charge in [0.1, 0.15) is 23.1 Å². The minimum absolute atomic E-state index is 0.194. The Balaban J connectivity index is 1.82. The molecule has 0 radical (unpaired) electrons. The van der Waals surface area contributed by atoms with E-state index < -0.39 is 0 Å². The third-order valence-electron chi connectivity index (χ3n) is 3.45. The first-order valence-electron chi connectivity index (χ1n) is 7.30. The summed E-state index contributed by atoms with van der Waals surface area (Å²) in [6, 6.07) is 6.98. The van der Waals surface area contributed by atoms with Crippen molar-refractivity contribution in [3.05, 3.63) is 45.1 Å². The van der Waals surface area contributed by atoms with Crippen molar-refractivity contribution in [2.75, 3.05) is 11.9 Å². The highest BCUT2D eigenvalue weighted by Gasteiger charge is 2.16. The van der Waals surface area contributed by atoms with Gasteiger partial charge in [0.25, 0.3) is 0 Å². The van der Waals surface area contributed by atoms with Crippen LogP contribution in [0.1, 0.15) is 29.7 Å². The van der Waals surface area contributed by atoms with Gasteiger partial charge >= 0.3 is 0 Å². The van der Waals surface area contributed by atoms with E-state index >= 15 is 0 Å². The Bertz CT molecular complexity index is 794. The first kappa shape index (κ1) is 18.2. The highest BCUT2D eigenvalue weighted by Crippen LogP contribution is 2.28. The van der Waals surface area contributed by atoms with Crippen LogP contribution in [-0.2, 0) is 4.79 Å². The van der Waals surface area contributed by atoms with E-state index in [1.807, 2.05) is 6.07 Å². The van der Waals surface area contributed by atoms with Crippen LogP contribution < -0.4 is 10.1 Å². The fraction of sp³-hybridized carbons (Fsp3) is 0.294. The van der Waals surface area contributed by atoms with Crippen LogP contribution in [0.3, 0.4) is 0 Å². The van der Waals surface area contributed by atoms with Gasteiger partial charge in [-0.3, -0.25) is 10.1 Å². The summed E-state index contributed by atoms with van der Waals surface area (Å²) in [6.45, 7) is 3.85. The molecule has 0 aliphatic heterocycles. The lowest BCUT2D eigenvalue weighted by Crippen LogP contribution is -2.13. The predicted octanol–water partition coefficient (Wildman–Crippen LogP) is 4.87. The quantitative estimate of drug-likeness (QED) is 0.739. The fourth-order valence-electron chi connectivity index (χ4n) is 2.05. The molecule has 1 N–H and O–H groups in total. The number of amides is 1. The molecule has 1 aromatic heterocycles. The van der Waals surface area contributed by atoms with Crippen LogP contribution in [0.15, 0.2) is 22.6 Å². The molecule has 1 aromatic carbocycles. The Morgan fingerprint density at radius 1 is 1.38 bits per heavy atom. The molecule has 0 aliphatic carbocycles. The summed E-state index contributed by atoms with van der Waals surface area (Å²) in [4.78, 5) is 11.9. The molecule has 5 nitrogen and oxygen atoms in total. The topological polar surface area (TPSA) is 75.3 Å². The van der Waals surface area contributed by atoms with Gasteiger partial charge in [0.05, 0.1) is 11.6 Å². The molecule has 0 atom stereocenters. The highest BCUT2D eigenvalue weighted by molar-refractivity contribution is 6.35. The average molecular weight is 367 g/mol. The van der Waals surface area contributed by atoms with Crippen molar-refractivity contribution in [1.29, 1.82) is 5.26 Å². The Morgan fingerprint density at radius 3 is 2.79 bits per heavy atom. The monoisotopic (exact) mass is 366 g/mol. The normalized spacial score (nSPS) is 10.3. The Morgan fingerprint density at radius 2 is 2.12 bits per heavy atom. The van der Waals surface area contributed by atoms with Gasteiger partial charge in [-0.1, -0.05) is 23.2 Å². The standard InChI is InChI=1S/C17H16Cl2N2O3/c1-10-11(2)24-17(13(10)9-20)21-16(22)4-3-7-23-15-6-5-12(18)8-14(15)19/h5-6,8H,3-4,7H2,1-2H3,(H,21,22). The maximum absolute atomic E-state index is 11.9. The lowest BCUT2D eigenvalue weighted by Gasteiger charge is -2.08. The van der Waals surface area contributed by atoms with Gasteiger partial charge in [0, 0.05) is 17.0 Å². The van der Waals surface area contributed by atoms with Gasteiger partial charge in [-0.05, 0) is 38.5 Å². The molecule has 0 spiro atoms. The summed E-state index contributed by atoms with van der Waals surface area (Å²) in [6.07, 6.45) is 0.722. The molecule has 24 heavy (non-hydrogen) atoms. The minimum Gasteiger partial charge on any atom is -0.492 e. The summed E-state index contributed by atoms with van der Waals surface area (Å²) in [7, 11) is 0. The maximum Gasteiger partial charge on any atom is 0.226 e. The molecule has 2 aromatic rings. The van der Waals surface area contributed by atoms with Gasteiger partial charge in [0.15, 0.2) is 0 Å². The van der Waals surface area contributed by atoms with Crippen LogP contribution in [0.25, 0.3) is 0 Å². The molecule has 0 fully saturated rings. The van der Waals surface area contributed by atoms with Crippen LogP contribution >= 0.6 is 23.2 Å². The van der Waals surface area contributed by atoms with E-state index in [2.05, 4.69) is 5.32 Å². The molecule has 0 unspecified atom stereocenters. The largest absolute Gasteiger partial charge is 0.492 e. The number of carbonyl (C=O) groups is 1. The summed E-state index contributed by atoms with van der Waals surface area (Å²) < 4.78 is 10.9. The number of anilines is 1. The summed E-state index contributed by atoms with van der Waals surface area (Å²) in [5.74, 6) is 1.08. The van der Waals surface area contributed by atoms with Crippen molar-refractivity contribution in [2.24, 2.45) is 0 Å². The number of benzene rings is 1. The van der Waals surface area contributed by atoms with Crippen LogP contribution in [0.5, 0.6) is 5.75 Å². The number of rotatable bonds is 6. The molecule has 0 bridgehead atoms. The lowest BCUT2D eigenvalue weighted by molar-refractivity contribution is -0.116. The van der Waals surface area contributed by atoms with Gasteiger partial charge in [-0.15, -0.1) is 0 Å². The maximum atomic E-state index is 11.9. The molecular formula is C17H16Cl2N2O3. The van der Waals surface area contributed by atoms with Crippen molar-refractivity contribution in [3.63, 3.8) is 0 Å². The zero-order chi connectivity index (χ0) is 17.7. The Kier molecular flexibility index (Phi) is 6.13. The van der Waals surface area contributed by atoms with E-state index in [1.54, 1.807) is 32.0 Å². The number of hydrogen-bond acceptors (Lipinski definition) is 4. The number of ether oxygens (including phenoxy) is 1. The van der Waals surface area contributed by atoms with E-state index in [0.717, 1.165) is 5.56 Å². The van der Waals surface area contributed by atoms with Crippen LogP contribution in [0.4, 0.5) is 5.88 Å². The third kappa shape index (κ3) is 4.44. The van der Waals surface area contributed by atoms with Crippen LogP contribution in [0, 0.1) is 25.2 Å². The van der Waals surface area contributed by atoms with E-state index in [1.165, 1.54) is 0 Å². The van der Waals surface area contributed by atoms with E-state index in [4.69, 9.17) is 37.6 Å². The Hall–Kier alpha value is -2.16. The molecule has 1 amide bonds. The zero-order valence-electron chi connectivity index (χ0n) is 13.3. The van der Waals surface area contributed by atoms with Crippen molar-refractivity contribution >= 4 is 35.0 Å². The molecule has 2 rings (SSSR count). The van der Waals surface area contributed by atoms with Crippen molar-refractivity contribution < 1.29 is 13.9 Å². The molecule has 7 heteroatoms. The molecular weight excluding hydrogens is 351 g/mol. The third-order valence-corrected chi connectivity index (χ3v) is 3.98. The first-order chi connectivity index (χ1) is 11.4. The van der Waals surface area contributed by atoms with Gasteiger partial charge in [-0.2, -0.15) is 5.26 Å². The summed E-state index contributed by atoms with van der Waals surface area (Å²) >= 11 is 11.8.